The van der Waals surface area contributed by atoms with Gasteiger partial charge in [0.25, 0.3) is 0 Å². The van der Waals surface area contributed by atoms with Gasteiger partial charge in [-0.15, -0.1) is 0 Å². The number of hydrazone groups is 1. The molecule has 0 fully saturated rings. The number of hydrogen-bond acceptors (Lipinski definition) is 3. The van der Waals surface area contributed by atoms with E-state index in [4.69, 9.17) is 5.10 Å². The quantitative estimate of drug-likeness (QED) is 0.302. The smallest absolute Gasteiger partial charge is 0.123 e. The van der Waals surface area contributed by atoms with Crippen molar-refractivity contribution in [2.45, 2.75) is 31.6 Å². The van der Waals surface area contributed by atoms with Crippen LogP contribution < -0.4 is 0 Å². The largest absolute Gasteiger partial charge is 0.303 e. The molecule has 0 spiro atoms. The van der Waals surface area contributed by atoms with Gasteiger partial charge in [0.15, 0.2) is 0 Å². The number of fused-ring (bicyclic) bond motifs is 2. The Morgan fingerprint density at radius 2 is 1.84 bits per heavy atom. The maximum atomic E-state index is 13.6. The molecule has 0 amide bonds. The molecule has 1 aliphatic rings. The first-order valence-electron chi connectivity index (χ1n) is 11.2. The number of aromatic nitrogens is 2. The molecule has 0 saturated heterocycles. The van der Waals surface area contributed by atoms with E-state index in [9.17, 15) is 4.39 Å². The van der Waals surface area contributed by atoms with Crippen LogP contribution in [-0.4, -0.2) is 35.1 Å². The van der Waals surface area contributed by atoms with Crippen LogP contribution in [0.25, 0.3) is 16.5 Å². The lowest BCUT2D eigenvalue weighted by atomic mass is 9.82. The van der Waals surface area contributed by atoms with Gasteiger partial charge in [-0.25, -0.2) is 9.07 Å². The summed E-state index contributed by atoms with van der Waals surface area (Å²) in [5.74, 6) is 0.0973. The summed E-state index contributed by atoms with van der Waals surface area (Å²) in [5, 5.41) is 13.7. The molecular weight excluding hydrogens is 399 g/mol. The molecule has 0 aliphatic heterocycles. The van der Waals surface area contributed by atoms with Gasteiger partial charge in [-0.2, -0.15) is 10.2 Å². The van der Waals surface area contributed by atoms with Gasteiger partial charge in [0, 0.05) is 25.6 Å². The third-order valence-electron chi connectivity index (χ3n) is 6.25. The molecule has 1 atom stereocenters. The van der Waals surface area contributed by atoms with Crippen molar-refractivity contribution in [3.05, 3.63) is 95.1 Å². The normalized spacial score (nSPS) is 15.9. The van der Waals surface area contributed by atoms with Gasteiger partial charge in [-0.05, 0) is 66.3 Å². The van der Waals surface area contributed by atoms with E-state index >= 15 is 0 Å². The highest BCUT2D eigenvalue weighted by atomic mass is 19.1. The molecule has 1 aromatic heterocycles. The van der Waals surface area contributed by atoms with Gasteiger partial charge in [0.1, 0.15) is 11.5 Å². The van der Waals surface area contributed by atoms with Crippen molar-refractivity contribution in [1.29, 1.82) is 0 Å². The van der Waals surface area contributed by atoms with E-state index in [1.165, 1.54) is 39.7 Å². The Labute approximate surface area is 188 Å². The van der Waals surface area contributed by atoms with Crippen LogP contribution >= 0.6 is 0 Å². The van der Waals surface area contributed by atoms with Gasteiger partial charge in [0.2, 0.25) is 0 Å². The maximum Gasteiger partial charge on any atom is 0.123 e. The van der Waals surface area contributed by atoms with Gasteiger partial charge in [-0.3, -0.25) is 0 Å². The molecule has 5 heteroatoms. The fraction of sp³-hybridized carbons (Fsp3) is 0.259. The highest BCUT2D eigenvalue weighted by Crippen LogP contribution is 2.38. The lowest BCUT2D eigenvalue weighted by Gasteiger charge is -2.25. The van der Waals surface area contributed by atoms with E-state index in [1.807, 2.05) is 25.0 Å². The molecule has 1 unspecified atom stereocenters. The summed E-state index contributed by atoms with van der Waals surface area (Å²) in [4.78, 5) is 0. The summed E-state index contributed by atoms with van der Waals surface area (Å²) in [5.41, 5.74) is 5.64. The molecular formula is C27H27FN4. The first kappa shape index (κ1) is 20.4. The van der Waals surface area contributed by atoms with Crippen molar-refractivity contribution < 1.29 is 4.39 Å². The monoisotopic (exact) mass is 426 g/mol. The lowest BCUT2D eigenvalue weighted by Crippen LogP contribution is -2.16. The SMILES string of the molecule is CN(C)/N=C/c1nn(-c2ccc(F)cc2)c2c1CCCC2Cc1cccc2ccccc12. The predicted molar refractivity (Wildman–Crippen MR) is 128 cm³/mol. The van der Waals surface area contributed by atoms with Crippen LogP contribution in [0.5, 0.6) is 0 Å². The van der Waals surface area contributed by atoms with Crippen molar-refractivity contribution >= 4 is 17.0 Å². The topological polar surface area (TPSA) is 33.4 Å². The number of benzene rings is 3. The second-order valence-corrected chi connectivity index (χ2v) is 8.66. The van der Waals surface area contributed by atoms with Crippen LogP contribution in [0, 0.1) is 5.82 Å². The first-order valence-corrected chi connectivity index (χ1v) is 11.2. The van der Waals surface area contributed by atoms with E-state index in [-0.39, 0.29) is 5.82 Å². The molecule has 0 bridgehead atoms. The van der Waals surface area contributed by atoms with Crippen LogP contribution in [0.4, 0.5) is 4.39 Å². The van der Waals surface area contributed by atoms with Crippen molar-refractivity contribution in [2.75, 3.05) is 14.1 Å². The predicted octanol–water partition coefficient (Wildman–Crippen LogP) is 5.72. The molecule has 5 rings (SSSR count). The zero-order valence-electron chi connectivity index (χ0n) is 18.5. The summed E-state index contributed by atoms with van der Waals surface area (Å²) < 4.78 is 15.6. The fourth-order valence-electron chi connectivity index (χ4n) is 4.81. The van der Waals surface area contributed by atoms with E-state index in [0.29, 0.717) is 5.92 Å². The Kier molecular flexibility index (Phi) is 5.48. The van der Waals surface area contributed by atoms with Gasteiger partial charge in [-0.1, -0.05) is 42.5 Å². The summed E-state index contributed by atoms with van der Waals surface area (Å²) in [6.45, 7) is 0. The fourth-order valence-corrected chi connectivity index (χ4v) is 4.81. The van der Waals surface area contributed by atoms with Gasteiger partial charge >= 0.3 is 0 Å². The van der Waals surface area contributed by atoms with Crippen LogP contribution in [0.2, 0.25) is 0 Å². The summed E-state index contributed by atoms with van der Waals surface area (Å²) in [6, 6.07) is 21.7. The van der Waals surface area contributed by atoms with E-state index in [2.05, 4.69) is 47.6 Å². The molecule has 162 valence electrons. The molecule has 0 radical (unpaired) electrons. The van der Waals surface area contributed by atoms with Crippen LogP contribution in [0.15, 0.2) is 71.8 Å². The average Bonchev–Trinajstić information content (AvgIpc) is 3.18. The second-order valence-electron chi connectivity index (χ2n) is 8.66. The Morgan fingerprint density at radius 3 is 2.66 bits per heavy atom. The van der Waals surface area contributed by atoms with E-state index < -0.39 is 0 Å². The molecule has 0 saturated carbocycles. The van der Waals surface area contributed by atoms with Crippen molar-refractivity contribution in [3.8, 4) is 5.69 Å². The molecule has 4 aromatic rings. The van der Waals surface area contributed by atoms with Crippen LogP contribution in [0.1, 0.15) is 41.3 Å². The molecule has 3 aromatic carbocycles. The number of rotatable bonds is 5. The molecule has 32 heavy (non-hydrogen) atoms. The third-order valence-corrected chi connectivity index (χ3v) is 6.25. The van der Waals surface area contributed by atoms with Crippen molar-refractivity contribution in [2.24, 2.45) is 5.10 Å². The summed E-state index contributed by atoms with van der Waals surface area (Å²) in [6.07, 6.45) is 6.01. The van der Waals surface area contributed by atoms with E-state index in [1.54, 1.807) is 17.1 Å². The minimum atomic E-state index is -0.239. The number of hydrogen-bond donors (Lipinski definition) is 0. The maximum absolute atomic E-state index is 13.6. The van der Waals surface area contributed by atoms with Crippen LogP contribution in [-0.2, 0) is 12.8 Å². The minimum absolute atomic E-state index is 0.239. The Bertz CT molecular complexity index is 1270. The van der Waals surface area contributed by atoms with Gasteiger partial charge in [0.05, 0.1) is 17.6 Å². The van der Waals surface area contributed by atoms with Crippen LogP contribution in [0.3, 0.4) is 0 Å². The highest BCUT2D eigenvalue weighted by Gasteiger charge is 2.29. The molecule has 0 N–H and O–H groups in total. The standard InChI is InChI=1S/C27H27FN4/c1-31(2)29-18-26-25-12-6-10-21(17-20-9-5-8-19-7-3-4-11-24(19)20)27(25)32(30-26)23-15-13-22(28)14-16-23/h3-5,7-9,11,13-16,18,21H,6,10,12,17H2,1-2H3/b29-18+. The van der Waals surface area contributed by atoms with Gasteiger partial charge < -0.3 is 5.01 Å². The summed E-state index contributed by atoms with van der Waals surface area (Å²) >= 11 is 0. The Morgan fingerprint density at radius 1 is 1.06 bits per heavy atom. The Hall–Kier alpha value is -3.47. The van der Waals surface area contributed by atoms with Crippen molar-refractivity contribution in [3.63, 3.8) is 0 Å². The highest BCUT2D eigenvalue weighted by molar-refractivity contribution is 5.85. The first-order chi connectivity index (χ1) is 15.6. The lowest BCUT2D eigenvalue weighted by molar-refractivity contribution is 0.440. The molecule has 4 nitrogen and oxygen atoms in total. The minimum Gasteiger partial charge on any atom is -0.303 e. The molecule has 1 heterocycles. The Balaban J connectivity index is 1.62. The number of halogens is 1. The molecule has 1 aliphatic carbocycles. The summed E-state index contributed by atoms with van der Waals surface area (Å²) in [7, 11) is 3.81. The zero-order valence-corrected chi connectivity index (χ0v) is 18.5. The average molecular weight is 427 g/mol. The van der Waals surface area contributed by atoms with E-state index in [0.717, 1.165) is 37.1 Å². The second kappa shape index (κ2) is 8.58. The zero-order chi connectivity index (χ0) is 22.1. The van der Waals surface area contributed by atoms with Crippen molar-refractivity contribution in [1.82, 2.24) is 14.8 Å². The third kappa shape index (κ3) is 3.91. The number of nitrogens with zero attached hydrogens (tertiary/aromatic N) is 4.